The lowest BCUT2D eigenvalue weighted by molar-refractivity contribution is -0.141. The Balaban J connectivity index is 1.20. The topological polar surface area (TPSA) is 184 Å². The van der Waals surface area contributed by atoms with Gasteiger partial charge in [0, 0.05) is 31.3 Å². The van der Waals surface area contributed by atoms with Gasteiger partial charge in [-0.05, 0) is 73.4 Å². The molecular formula is C42H49F3N8O7. The Morgan fingerprint density at radius 3 is 2.07 bits per heavy atom. The number of nitrogens with one attached hydrogen (secondary N) is 4. The molecule has 2 aromatic heterocycles. The van der Waals surface area contributed by atoms with Crippen molar-refractivity contribution in [3.63, 3.8) is 0 Å². The Morgan fingerprint density at radius 2 is 1.45 bits per heavy atom. The quantitative estimate of drug-likeness (QED) is 0.127. The summed E-state index contributed by atoms with van der Waals surface area (Å²) < 4.78 is 57.7. The van der Waals surface area contributed by atoms with Crippen molar-refractivity contribution in [3.8, 4) is 23.1 Å². The van der Waals surface area contributed by atoms with Crippen molar-refractivity contribution in [1.82, 2.24) is 40.4 Å². The number of methoxy groups -OCH3 is 3. The Bertz CT molecular complexity index is 2280. The number of fused-ring (bicyclic) bond motifs is 1. The van der Waals surface area contributed by atoms with Crippen molar-refractivity contribution < 1.29 is 46.6 Å². The van der Waals surface area contributed by atoms with Crippen LogP contribution in [0.15, 0.2) is 42.6 Å². The number of hydrogen-bond acceptors (Lipinski definition) is 9. The summed E-state index contributed by atoms with van der Waals surface area (Å²) in [4.78, 5) is 69.2. The number of alkyl halides is 3. The average Bonchev–Trinajstić information content (AvgIpc) is 4.09. The van der Waals surface area contributed by atoms with E-state index in [4.69, 9.17) is 14.2 Å². The lowest BCUT2D eigenvalue weighted by Crippen LogP contribution is -2.54. The van der Waals surface area contributed by atoms with Crippen LogP contribution in [-0.2, 0) is 30.0 Å². The van der Waals surface area contributed by atoms with E-state index in [1.165, 1.54) is 26.2 Å². The van der Waals surface area contributed by atoms with Gasteiger partial charge < -0.3 is 44.6 Å². The average molecular weight is 835 g/mol. The van der Waals surface area contributed by atoms with Crippen molar-refractivity contribution in [2.45, 2.75) is 89.3 Å². The van der Waals surface area contributed by atoms with Gasteiger partial charge in [0.15, 0.2) is 5.69 Å². The molecule has 2 aliphatic heterocycles. The molecule has 4 heterocycles. The van der Waals surface area contributed by atoms with Crippen LogP contribution < -0.4 is 10.6 Å². The maximum absolute atomic E-state index is 14.3. The summed E-state index contributed by atoms with van der Waals surface area (Å²) in [6.07, 6.45) is -2.34. The maximum atomic E-state index is 14.3. The van der Waals surface area contributed by atoms with E-state index in [-0.39, 0.29) is 30.2 Å². The summed E-state index contributed by atoms with van der Waals surface area (Å²) in [6.45, 7) is 6.13. The van der Waals surface area contributed by atoms with E-state index in [1.807, 2.05) is 31.2 Å². The van der Waals surface area contributed by atoms with Gasteiger partial charge in [-0.15, -0.1) is 0 Å². The lowest BCUT2D eigenvalue weighted by atomic mass is 9.97. The number of ether oxygens (including phenoxy) is 3. The number of H-pyrrole nitrogens is 2. The van der Waals surface area contributed by atoms with Crippen molar-refractivity contribution >= 4 is 34.8 Å². The Hall–Kier alpha value is -6.09. The summed E-state index contributed by atoms with van der Waals surface area (Å²) in [5.74, 6) is 5.07. The fourth-order valence-corrected chi connectivity index (χ4v) is 7.68. The SMILES string of the molecule is CC[C@@H](C)[C@H](NC(=O)OC)C(=O)N1CCCC1c1nc(C(F)(F)F)c(C#Cc2ccc3cc(-c4cnc(C5CCCN5C(=O)[C@@H](NC(=O)OC)[C@@H](C)OC)[nH]4)ccc3c2)[nH]1. The molecule has 320 valence electrons. The van der Waals surface area contributed by atoms with Gasteiger partial charge in [-0.2, -0.15) is 13.2 Å². The molecule has 0 saturated carbocycles. The van der Waals surface area contributed by atoms with E-state index < -0.39 is 59.9 Å². The molecule has 60 heavy (non-hydrogen) atoms. The van der Waals surface area contributed by atoms with Crippen LogP contribution in [0.5, 0.6) is 0 Å². The second-order valence-electron chi connectivity index (χ2n) is 15.0. The zero-order valence-electron chi connectivity index (χ0n) is 34.2. The van der Waals surface area contributed by atoms with Crippen molar-refractivity contribution in [1.29, 1.82) is 0 Å². The second kappa shape index (κ2) is 18.4. The normalized spacial score (nSPS) is 18.6. The van der Waals surface area contributed by atoms with Gasteiger partial charge in [0.2, 0.25) is 11.8 Å². The van der Waals surface area contributed by atoms with E-state index in [0.29, 0.717) is 43.6 Å². The number of likely N-dealkylation sites (tertiary alicyclic amines) is 2. The molecule has 0 spiro atoms. The predicted octanol–water partition coefficient (Wildman–Crippen LogP) is 6.23. The van der Waals surface area contributed by atoms with Crippen LogP contribution in [-0.4, -0.2) is 106 Å². The molecule has 0 aliphatic carbocycles. The number of amides is 4. The standard InChI is InChI=1S/C42H49F3N8O7/c1-7-23(2)33(49-40(56)59-5)38(54)53-19-9-11-32(53)37-47-29(35(51-37)42(43,44)45)17-13-25-12-14-27-21-28(16-15-26(27)20-25)30-22-46-36(48-30)31-10-8-18-52(31)39(55)34(24(3)58-4)50-41(57)60-6/h12,14-16,20-24,31-34H,7-11,18-19H2,1-6H3,(H,46,48)(H,47,51)(H,49,56)(H,50,57)/t23-,24-,31?,32?,33+,34+/m1/s1. The molecule has 2 fully saturated rings. The number of aromatic nitrogens is 4. The minimum Gasteiger partial charge on any atom is -0.453 e. The summed E-state index contributed by atoms with van der Waals surface area (Å²) in [5, 5.41) is 6.81. The van der Waals surface area contributed by atoms with Crippen molar-refractivity contribution in [2.24, 2.45) is 5.92 Å². The van der Waals surface area contributed by atoms with Crippen LogP contribution in [0.4, 0.5) is 22.8 Å². The number of hydrogen-bond donors (Lipinski definition) is 4. The molecule has 0 radical (unpaired) electrons. The number of alkyl carbamates (subject to hydrolysis) is 2. The van der Waals surface area contributed by atoms with Crippen molar-refractivity contribution in [2.75, 3.05) is 34.4 Å². The molecule has 4 amide bonds. The Morgan fingerprint density at radius 1 is 0.850 bits per heavy atom. The molecule has 2 unspecified atom stereocenters. The number of imidazole rings is 2. The largest absolute Gasteiger partial charge is 0.453 e. The summed E-state index contributed by atoms with van der Waals surface area (Å²) in [6, 6.07) is 8.02. The molecule has 15 nitrogen and oxygen atoms in total. The van der Waals surface area contributed by atoms with Gasteiger partial charge in [0.1, 0.15) is 29.4 Å². The van der Waals surface area contributed by atoms with Crippen LogP contribution >= 0.6 is 0 Å². The van der Waals surface area contributed by atoms with Crippen LogP contribution in [0.1, 0.15) is 93.6 Å². The third kappa shape index (κ3) is 9.36. The predicted molar refractivity (Wildman–Crippen MR) is 213 cm³/mol. The highest BCUT2D eigenvalue weighted by Gasteiger charge is 2.42. The molecule has 18 heteroatoms. The monoisotopic (exact) mass is 834 g/mol. The maximum Gasteiger partial charge on any atom is 0.436 e. The summed E-state index contributed by atoms with van der Waals surface area (Å²) in [7, 11) is 3.87. The van der Waals surface area contributed by atoms with Crippen molar-refractivity contribution in [3.05, 3.63) is 71.2 Å². The zero-order chi connectivity index (χ0) is 43.3. The lowest BCUT2D eigenvalue weighted by Gasteiger charge is -2.30. The number of aromatic amines is 2. The molecule has 6 atom stereocenters. The Labute approximate surface area is 345 Å². The molecule has 0 bridgehead atoms. The molecule has 2 aromatic carbocycles. The zero-order valence-corrected chi connectivity index (χ0v) is 34.2. The van der Waals surface area contributed by atoms with E-state index in [2.05, 4.69) is 42.4 Å². The third-order valence-corrected chi connectivity index (χ3v) is 11.3. The first-order chi connectivity index (χ1) is 28.7. The van der Waals surface area contributed by atoms with Crippen LogP contribution in [0.25, 0.3) is 22.0 Å². The molecule has 6 rings (SSSR count). The van der Waals surface area contributed by atoms with Gasteiger partial charge in [-0.3, -0.25) is 9.59 Å². The first-order valence-electron chi connectivity index (χ1n) is 19.8. The number of halogens is 3. The highest BCUT2D eigenvalue weighted by molar-refractivity contribution is 5.89. The molecular weight excluding hydrogens is 786 g/mol. The first-order valence-corrected chi connectivity index (χ1v) is 19.8. The summed E-state index contributed by atoms with van der Waals surface area (Å²) >= 11 is 0. The van der Waals surface area contributed by atoms with Gasteiger partial charge in [-0.1, -0.05) is 44.4 Å². The van der Waals surface area contributed by atoms with E-state index >= 15 is 0 Å². The van der Waals surface area contributed by atoms with Gasteiger partial charge in [-0.25, -0.2) is 19.6 Å². The second-order valence-corrected chi connectivity index (χ2v) is 15.0. The molecule has 4 aromatic rings. The van der Waals surface area contributed by atoms with Gasteiger partial charge in [0.05, 0.1) is 44.3 Å². The number of benzene rings is 2. The molecule has 2 aliphatic rings. The fourth-order valence-electron chi connectivity index (χ4n) is 7.68. The minimum absolute atomic E-state index is 0.0286. The Kier molecular flexibility index (Phi) is 13.4. The number of carbonyl (C=O) groups is 4. The summed E-state index contributed by atoms with van der Waals surface area (Å²) in [5.41, 5.74) is 0.425. The van der Waals surface area contributed by atoms with Gasteiger partial charge >= 0.3 is 18.4 Å². The fraction of sp³-hybridized carbons (Fsp3) is 0.476. The van der Waals surface area contributed by atoms with E-state index in [0.717, 1.165) is 28.5 Å². The number of nitrogens with zero attached hydrogens (tertiary/aromatic N) is 4. The van der Waals surface area contributed by atoms with E-state index in [9.17, 15) is 32.3 Å². The number of carbonyl (C=O) groups excluding carboxylic acids is 4. The smallest absolute Gasteiger partial charge is 0.436 e. The molecule has 2 saturated heterocycles. The van der Waals surface area contributed by atoms with Crippen LogP contribution in [0.2, 0.25) is 0 Å². The first kappa shape index (κ1) is 43.5. The van der Waals surface area contributed by atoms with Gasteiger partial charge in [0.25, 0.3) is 0 Å². The highest BCUT2D eigenvalue weighted by atomic mass is 19.4. The van der Waals surface area contributed by atoms with Crippen LogP contribution in [0, 0.1) is 17.8 Å². The van der Waals surface area contributed by atoms with Crippen LogP contribution in [0.3, 0.4) is 0 Å². The van der Waals surface area contributed by atoms with E-state index in [1.54, 1.807) is 37.1 Å². The highest BCUT2D eigenvalue weighted by Crippen LogP contribution is 2.37. The third-order valence-electron chi connectivity index (χ3n) is 11.3. The minimum atomic E-state index is -4.82. The number of rotatable bonds is 11. The molecule has 4 N–H and O–H groups in total.